The van der Waals surface area contributed by atoms with Crippen LogP contribution >= 0.6 is 0 Å². The summed E-state index contributed by atoms with van der Waals surface area (Å²) in [5.74, 6) is 0.357. The molecule has 2 amide bonds. The fraction of sp³-hybridized carbons (Fsp3) is 0.0952. The molecule has 1 aliphatic rings. The van der Waals surface area contributed by atoms with Gasteiger partial charge in [-0.3, -0.25) is 15.1 Å². The van der Waals surface area contributed by atoms with Gasteiger partial charge >= 0.3 is 6.09 Å². The van der Waals surface area contributed by atoms with Gasteiger partial charge in [0.1, 0.15) is 5.75 Å². The summed E-state index contributed by atoms with van der Waals surface area (Å²) in [5.41, 5.74) is 2.96. The summed E-state index contributed by atoms with van der Waals surface area (Å²) in [6.45, 7) is 0.598. The predicted octanol–water partition coefficient (Wildman–Crippen LogP) is 3.90. The van der Waals surface area contributed by atoms with E-state index in [1.165, 1.54) is 0 Å². The van der Waals surface area contributed by atoms with Crippen LogP contribution in [0.5, 0.6) is 5.75 Å². The van der Waals surface area contributed by atoms with Gasteiger partial charge in [0.15, 0.2) is 0 Å². The minimum absolute atomic E-state index is 0.106. The monoisotopic (exact) mass is 359 g/mol. The Bertz CT molecular complexity index is 974. The number of aromatic nitrogens is 1. The fourth-order valence-electron chi connectivity index (χ4n) is 3.05. The van der Waals surface area contributed by atoms with Gasteiger partial charge in [0.25, 0.3) is 5.91 Å². The molecular weight excluding hydrogens is 342 g/mol. The topological polar surface area (TPSA) is 71.5 Å². The zero-order valence-corrected chi connectivity index (χ0v) is 14.5. The van der Waals surface area contributed by atoms with Gasteiger partial charge in [0.2, 0.25) is 0 Å². The number of amides is 2. The summed E-state index contributed by atoms with van der Waals surface area (Å²) < 4.78 is 5.24. The smallest absolute Gasteiger partial charge is 0.410 e. The third-order valence-electron chi connectivity index (χ3n) is 4.33. The number of fused-ring (bicyclic) bond motifs is 1. The van der Waals surface area contributed by atoms with Crippen molar-refractivity contribution in [2.75, 3.05) is 16.8 Å². The Morgan fingerprint density at radius 2 is 1.89 bits per heavy atom. The molecule has 3 aromatic rings. The van der Waals surface area contributed by atoms with Crippen LogP contribution in [0.15, 0.2) is 73.1 Å². The zero-order chi connectivity index (χ0) is 18.6. The third kappa shape index (κ3) is 3.64. The predicted molar refractivity (Wildman–Crippen MR) is 102 cm³/mol. The van der Waals surface area contributed by atoms with Crippen LogP contribution in [0.1, 0.15) is 15.9 Å². The lowest BCUT2D eigenvalue weighted by Gasteiger charge is -2.18. The number of benzene rings is 2. The van der Waals surface area contributed by atoms with E-state index in [0.29, 0.717) is 23.5 Å². The average Bonchev–Trinajstić information content (AvgIpc) is 3.12. The lowest BCUT2D eigenvalue weighted by molar-refractivity contribution is 0.0989. The second kappa shape index (κ2) is 7.29. The molecule has 0 unspecified atom stereocenters. The van der Waals surface area contributed by atoms with Gasteiger partial charge in [-0.05, 0) is 48.4 Å². The van der Waals surface area contributed by atoms with Crippen LogP contribution in [0.2, 0.25) is 0 Å². The molecule has 6 heteroatoms. The van der Waals surface area contributed by atoms with Gasteiger partial charge in [-0.1, -0.05) is 24.3 Å². The lowest BCUT2D eigenvalue weighted by atomic mass is 10.1. The number of nitrogens with one attached hydrogen (secondary N) is 1. The molecule has 4 rings (SSSR count). The van der Waals surface area contributed by atoms with Gasteiger partial charge in [-0.2, -0.15) is 0 Å². The third-order valence-corrected chi connectivity index (χ3v) is 4.33. The highest BCUT2D eigenvalue weighted by Crippen LogP contribution is 2.32. The Morgan fingerprint density at radius 1 is 1.04 bits per heavy atom. The first-order chi connectivity index (χ1) is 13.2. The Morgan fingerprint density at radius 3 is 2.67 bits per heavy atom. The quantitative estimate of drug-likeness (QED) is 0.770. The van der Waals surface area contributed by atoms with Crippen LogP contribution < -0.4 is 15.0 Å². The second-order valence-electron chi connectivity index (χ2n) is 6.12. The standard InChI is InChI=1S/C21H17N3O3/c25-20(16-5-4-11-22-14-16)24-12-10-15-8-9-17(13-19(15)24)23-21(26)27-18-6-2-1-3-7-18/h1-9,11,13-14H,10,12H2,(H,23,26). The summed E-state index contributed by atoms with van der Waals surface area (Å²) in [7, 11) is 0. The second-order valence-corrected chi connectivity index (χ2v) is 6.12. The van der Waals surface area contributed by atoms with Crippen molar-refractivity contribution in [3.05, 3.63) is 84.2 Å². The Labute approximate surface area is 156 Å². The van der Waals surface area contributed by atoms with E-state index >= 15 is 0 Å². The maximum Gasteiger partial charge on any atom is 0.417 e. The van der Waals surface area contributed by atoms with Crippen molar-refractivity contribution in [1.82, 2.24) is 4.98 Å². The highest BCUT2D eigenvalue weighted by molar-refractivity contribution is 6.07. The van der Waals surface area contributed by atoms with E-state index in [4.69, 9.17) is 4.74 Å². The van der Waals surface area contributed by atoms with Crippen LogP contribution in [0.3, 0.4) is 0 Å². The van der Waals surface area contributed by atoms with Crippen molar-refractivity contribution >= 4 is 23.4 Å². The van der Waals surface area contributed by atoms with Crippen LogP contribution in [-0.4, -0.2) is 23.5 Å². The number of hydrogen-bond donors (Lipinski definition) is 1. The Kier molecular flexibility index (Phi) is 4.53. The Balaban J connectivity index is 1.51. The minimum Gasteiger partial charge on any atom is -0.410 e. The van der Waals surface area contributed by atoms with Gasteiger partial charge in [-0.25, -0.2) is 4.79 Å². The van der Waals surface area contributed by atoms with Crippen molar-refractivity contribution in [1.29, 1.82) is 0 Å². The average molecular weight is 359 g/mol. The van der Waals surface area contributed by atoms with Gasteiger partial charge in [-0.15, -0.1) is 0 Å². The van der Waals surface area contributed by atoms with Crippen LogP contribution in [0.4, 0.5) is 16.2 Å². The molecule has 0 atom stereocenters. The molecule has 0 saturated heterocycles. The number of rotatable bonds is 3. The van der Waals surface area contributed by atoms with E-state index < -0.39 is 6.09 Å². The molecule has 0 radical (unpaired) electrons. The number of para-hydroxylation sites is 1. The molecule has 6 nitrogen and oxygen atoms in total. The van der Waals surface area contributed by atoms with E-state index in [9.17, 15) is 9.59 Å². The Hall–Kier alpha value is -3.67. The SMILES string of the molecule is O=C(Nc1ccc2c(c1)N(C(=O)c1cccnc1)CC2)Oc1ccccc1. The van der Waals surface area contributed by atoms with Crippen LogP contribution in [0.25, 0.3) is 0 Å². The van der Waals surface area contributed by atoms with Crippen molar-refractivity contribution in [3.63, 3.8) is 0 Å². The molecule has 1 aromatic heterocycles. The zero-order valence-electron chi connectivity index (χ0n) is 14.5. The number of anilines is 2. The summed E-state index contributed by atoms with van der Waals surface area (Å²) in [5, 5.41) is 2.71. The first kappa shape index (κ1) is 16.8. The molecule has 2 aromatic carbocycles. The molecule has 27 heavy (non-hydrogen) atoms. The highest BCUT2D eigenvalue weighted by atomic mass is 16.6. The molecule has 0 saturated carbocycles. The summed E-state index contributed by atoms with van der Waals surface area (Å²) in [6, 6.07) is 17.8. The number of carbonyl (C=O) groups excluding carboxylic acids is 2. The molecule has 0 spiro atoms. The number of carbonyl (C=O) groups is 2. The number of pyridine rings is 1. The normalized spacial score (nSPS) is 12.4. The molecule has 1 N–H and O–H groups in total. The maximum absolute atomic E-state index is 12.8. The maximum atomic E-state index is 12.8. The molecule has 0 aliphatic carbocycles. The summed E-state index contributed by atoms with van der Waals surface area (Å²) >= 11 is 0. The van der Waals surface area contributed by atoms with E-state index in [2.05, 4.69) is 10.3 Å². The van der Waals surface area contributed by atoms with Crippen LogP contribution in [-0.2, 0) is 6.42 Å². The fourth-order valence-corrected chi connectivity index (χ4v) is 3.05. The molecule has 1 aliphatic heterocycles. The van der Waals surface area contributed by atoms with E-state index in [1.54, 1.807) is 59.8 Å². The molecule has 2 heterocycles. The summed E-state index contributed by atoms with van der Waals surface area (Å²) in [4.78, 5) is 30.6. The van der Waals surface area contributed by atoms with Gasteiger partial charge < -0.3 is 9.64 Å². The van der Waals surface area contributed by atoms with E-state index in [0.717, 1.165) is 17.7 Å². The van der Waals surface area contributed by atoms with Crippen molar-refractivity contribution < 1.29 is 14.3 Å². The van der Waals surface area contributed by atoms with Crippen molar-refractivity contribution in [2.45, 2.75) is 6.42 Å². The van der Waals surface area contributed by atoms with Gasteiger partial charge in [0.05, 0.1) is 5.56 Å². The molecule has 134 valence electrons. The molecular formula is C21H17N3O3. The number of hydrogen-bond acceptors (Lipinski definition) is 4. The number of ether oxygens (including phenoxy) is 1. The summed E-state index contributed by atoms with van der Waals surface area (Å²) in [6.07, 6.45) is 3.38. The first-order valence-electron chi connectivity index (χ1n) is 8.59. The molecule has 0 fully saturated rings. The van der Waals surface area contributed by atoms with Crippen molar-refractivity contribution in [3.8, 4) is 5.75 Å². The van der Waals surface area contributed by atoms with Crippen molar-refractivity contribution in [2.24, 2.45) is 0 Å². The minimum atomic E-state index is -0.579. The number of nitrogens with zero attached hydrogens (tertiary/aromatic N) is 2. The van der Waals surface area contributed by atoms with E-state index in [-0.39, 0.29) is 5.91 Å². The lowest BCUT2D eigenvalue weighted by Crippen LogP contribution is -2.29. The van der Waals surface area contributed by atoms with Crippen LogP contribution in [0, 0.1) is 0 Å². The highest BCUT2D eigenvalue weighted by Gasteiger charge is 2.26. The van der Waals surface area contributed by atoms with E-state index in [1.807, 2.05) is 18.2 Å². The van der Waals surface area contributed by atoms with Gasteiger partial charge in [0, 0.05) is 30.3 Å². The largest absolute Gasteiger partial charge is 0.417 e. The first-order valence-corrected chi connectivity index (χ1v) is 8.59. The molecule has 0 bridgehead atoms.